The minimum absolute atomic E-state index is 0.272. The summed E-state index contributed by atoms with van der Waals surface area (Å²) < 4.78 is 5.17. The minimum Gasteiger partial charge on any atom is -0.444 e. The highest BCUT2D eigenvalue weighted by Crippen LogP contribution is 2.14. The topological polar surface area (TPSA) is 96.5 Å². The fourth-order valence-corrected chi connectivity index (χ4v) is 2.24. The van der Waals surface area contributed by atoms with Crippen LogP contribution >= 0.6 is 0 Å². The molecule has 0 heterocycles. The van der Waals surface area contributed by atoms with Gasteiger partial charge in [-0.2, -0.15) is 0 Å². The molecular formula is C20H23N3O4. The lowest BCUT2D eigenvalue weighted by Gasteiger charge is -2.19. The van der Waals surface area contributed by atoms with Gasteiger partial charge in [0, 0.05) is 16.8 Å². The third kappa shape index (κ3) is 6.14. The van der Waals surface area contributed by atoms with Crippen molar-refractivity contribution in [2.24, 2.45) is 0 Å². The van der Waals surface area contributed by atoms with Crippen LogP contribution in [0.5, 0.6) is 0 Å². The summed E-state index contributed by atoms with van der Waals surface area (Å²) in [7, 11) is 0. The van der Waals surface area contributed by atoms with Crippen molar-refractivity contribution in [1.82, 2.24) is 10.9 Å². The Labute approximate surface area is 158 Å². The molecule has 3 N–H and O–H groups in total. The second-order valence-corrected chi connectivity index (χ2v) is 6.93. The summed E-state index contributed by atoms with van der Waals surface area (Å²) in [5.74, 6) is -0.922. The highest BCUT2D eigenvalue weighted by molar-refractivity contribution is 6.00. The molecule has 2 aromatic rings. The Morgan fingerprint density at radius 3 is 2.22 bits per heavy atom. The van der Waals surface area contributed by atoms with E-state index >= 15 is 0 Å². The highest BCUT2D eigenvalue weighted by atomic mass is 16.6. The zero-order valence-electron chi connectivity index (χ0n) is 15.8. The number of amides is 3. The van der Waals surface area contributed by atoms with Crippen LogP contribution in [0.3, 0.4) is 0 Å². The van der Waals surface area contributed by atoms with Crippen molar-refractivity contribution < 1.29 is 19.1 Å². The van der Waals surface area contributed by atoms with Crippen molar-refractivity contribution in [3.05, 3.63) is 65.2 Å². The van der Waals surface area contributed by atoms with E-state index in [2.05, 4.69) is 16.2 Å². The van der Waals surface area contributed by atoms with Crippen LogP contribution in [-0.2, 0) is 4.74 Å². The van der Waals surface area contributed by atoms with E-state index in [9.17, 15) is 14.4 Å². The molecule has 142 valence electrons. The van der Waals surface area contributed by atoms with Crippen LogP contribution in [0.1, 0.15) is 47.1 Å². The van der Waals surface area contributed by atoms with Crippen molar-refractivity contribution in [3.8, 4) is 0 Å². The second kappa shape index (κ2) is 8.35. The van der Waals surface area contributed by atoms with Crippen molar-refractivity contribution in [3.63, 3.8) is 0 Å². The molecule has 0 aliphatic rings. The van der Waals surface area contributed by atoms with E-state index in [0.717, 1.165) is 5.56 Å². The van der Waals surface area contributed by atoms with E-state index in [1.165, 1.54) is 6.07 Å². The normalized spacial score (nSPS) is 10.7. The zero-order chi connectivity index (χ0) is 20.0. The molecule has 27 heavy (non-hydrogen) atoms. The van der Waals surface area contributed by atoms with E-state index in [-0.39, 0.29) is 5.56 Å². The second-order valence-electron chi connectivity index (χ2n) is 6.93. The first kappa shape index (κ1) is 20.0. The van der Waals surface area contributed by atoms with Crippen LogP contribution in [0.2, 0.25) is 0 Å². The third-order valence-corrected chi connectivity index (χ3v) is 3.45. The largest absolute Gasteiger partial charge is 0.444 e. The van der Waals surface area contributed by atoms with Gasteiger partial charge in [0.2, 0.25) is 0 Å². The molecule has 7 nitrogen and oxygen atoms in total. The van der Waals surface area contributed by atoms with Gasteiger partial charge >= 0.3 is 6.09 Å². The molecule has 0 saturated carbocycles. The number of aryl methyl sites for hydroxylation is 1. The number of ether oxygens (including phenoxy) is 1. The number of benzene rings is 2. The van der Waals surface area contributed by atoms with Crippen LogP contribution in [0.25, 0.3) is 0 Å². The summed E-state index contributed by atoms with van der Waals surface area (Å²) in [5.41, 5.74) is 6.06. The van der Waals surface area contributed by atoms with Crippen LogP contribution in [0, 0.1) is 6.92 Å². The fraction of sp³-hybridized carbons (Fsp3) is 0.250. The quantitative estimate of drug-likeness (QED) is 0.722. The van der Waals surface area contributed by atoms with E-state index in [1.54, 1.807) is 51.1 Å². The first-order chi connectivity index (χ1) is 12.7. The average Bonchev–Trinajstić information content (AvgIpc) is 2.58. The molecule has 0 fully saturated rings. The van der Waals surface area contributed by atoms with Gasteiger partial charge in [-0.25, -0.2) is 4.79 Å². The lowest BCUT2D eigenvalue weighted by atomic mass is 10.1. The fourth-order valence-electron chi connectivity index (χ4n) is 2.24. The Hall–Kier alpha value is -3.35. The maximum atomic E-state index is 12.3. The SMILES string of the molecule is Cc1ccccc1C(=O)NNC(=O)c1cccc(NC(=O)OC(C)(C)C)c1. The minimum atomic E-state index is -0.626. The molecule has 0 atom stereocenters. The molecule has 3 amide bonds. The summed E-state index contributed by atoms with van der Waals surface area (Å²) >= 11 is 0. The molecular weight excluding hydrogens is 346 g/mol. The van der Waals surface area contributed by atoms with Gasteiger partial charge in [-0.15, -0.1) is 0 Å². The number of nitrogens with one attached hydrogen (secondary N) is 3. The number of hydrogen-bond donors (Lipinski definition) is 3. The summed E-state index contributed by atoms with van der Waals surface area (Å²) in [6, 6.07) is 13.3. The molecule has 2 aromatic carbocycles. The van der Waals surface area contributed by atoms with Gasteiger partial charge in [-0.1, -0.05) is 24.3 Å². The Morgan fingerprint density at radius 1 is 0.889 bits per heavy atom. The number of carbonyl (C=O) groups excluding carboxylic acids is 3. The Kier molecular flexibility index (Phi) is 6.18. The van der Waals surface area contributed by atoms with Gasteiger partial charge in [0.25, 0.3) is 11.8 Å². The molecule has 0 aliphatic heterocycles. The average molecular weight is 369 g/mol. The maximum absolute atomic E-state index is 12.3. The molecule has 2 rings (SSSR count). The van der Waals surface area contributed by atoms with Crippen molar-refractivity contribution in [2.75, 3.05) is 5.32 Å². The van der Waals surface area contributed by atoms with Gasteiger partial charge in [0.1, 0.15) is 5.60 Å². The molecule has 0 saturated heterocycles. The first-order valence-electron chi connectivity index (χ1n) is 8.42. The van der Waals surface area contributed by atoms with Crippen molar-refractivity contribution >= 4 is 23.6 Å². The lowest BCUT2D eigenvalue weighted by molar-refractivity contribution is 0.0635. The predicted molar refractivity (Wildman–Crippen MR) is 102 cm³/mol. The smallest absolute Gasteiger partial charge is 0.412 e. The van der Waals surface area contributed by atoms with Crippen LogP contribution < -0.4 is 16.2 Å². The van der Waals surface area contributed by atoms with Crippen LogP contribution in [0.4, 0.5) is 10.5 Å². The van der Waals surface area contributed by atoms with Crippen LogP contribution in [-0.4, -0.2) is 23.5 Å². The van der Waals surface area contributed by atoms with Gasteiger partial charge in [0.15, 0.2) is 0 Å². The van der Waals surface area contributed by atoms with E-state index in [0.29, 0.717) is 11.3 Å². The maximum Gasteiger partial charge on any atom is 0.412 e. The molecule has 0 spiro atoms. The van der Waals surface area contributed by atoms with E-state index in [4.69, 9.17) is 4.74 Å². The van der Waals surface area contributed by atoms with E-state index in [1.807, 2.05) is 19.1 Å². The molecule has 0 aromatic heterocycles. The van der Waals surface area contributed by atoms with Gasteiger partial charge in [0.05, 0.1) is 0 Å². The predicted octanol–water partition coefficient (Wildman–Crippen LogP) is 3.42. The van der Waals surface area contributed by atoms with Gasteiger partial charge in [-0.3, -0.25) is 25.8 Å². The molecule has 7 heteroatoms. The number of rotatable bonds is 3. The number of hydrogen-bond acceptors (Lipinski definition) is 4. The zero-order valence-corrected chi connectivity index (χ0v) is 15.8. The Balaban J connectivity index is 1.98. The monoisotopic (exact) mass is 369 g/mol. The first-order valence-corrected chi connectivity index (χ1v) is 8.42. The molecule has 0 bridgehead atoms. The molecule has 0 aliphatic carbocycles. The van der Waals surface area contributed by atoms with Crippen LogP contribution in [0.15, 0.2) is 48.5 Å². The van der Waals surface area contributed by atoms with Gasteiger partial charge in [-0.05, 0) is 57.5 Å². The third-order valence-electron chi connectivity index (χ3n) is 3.45. The summed E-state index contributed by atoms with van der Waals surface area (Å²) in [6.07, 6.45) is -0.618. The standard InChI is InChI=1S/C20H23N3O4/c1-13-8-5-6-11-16(13)18(25)23-22-17(24)14-9-7-10-15(12-14)21-19(26)27-20(2,3)4/h5-12H,1-4H3,(H,21,26)(H,22,24)(H,23,25). The lowest BCUT2D eigenvalue weighted by Crippen LogP contribution is -2.41. The summed E-state index contributed by atoms with van der Waals surface area (Å²) in [5, 5.41) is 2.56. The van der Waals surface area contributed by atoms with E-state index < -0.39 is 23.5 Å². The highest BCUT2D eigenvalue weighted by Gasteiger charge is 2.17. The summed E-state index contributed by atoms with van der Waals surface area (Å²) in [6.45, 7) is 7.08. The van der Waals surface area contributed by atoms with Gasteiger partial charge < -0.3 is 4.74 Å². The molecule has 0 unspecified atom stereocenters. The number of carbonyl (C=O) groups is 3. The molecule has 0 radical (unpaired) electrons. The number of anilines is 1. The van der Waals surface area contributed by atoms with Crippen molar-refractivity contribution in [1.29, 1.82) is 0 Å². The van der Waals surface area contributed by atoms with Crippen molar-refractivity contribution in [2.45, 2.75) is 33.3 Å². The Morgan fingerprint density at radius 2 is 1.56 bits per heavy atom. The summed E-state index contributed by atoms with van der Waals surface area (Å²) in [4.78, 5) is 36.2. The Bertz CT molecular complexity index is 856. The number of hydrazine groups is 1.